The second kappa shape index (κ2) is 10.4. The zero-order valence-corrected chi connectivity index (χ0v) is 16.4. The number of oxime groups is 1. The summed E-state index contributed by atoms with van der Waals surface area (Å²) < 4.78 is 6.56. The second-order valence-corrected chi connectivity index (χ2v) is 6.05. The quantitative estimate of drug-likeness (QED) is 0.268. The van der Waals surface area contributed by atoms with E-state index in [9.17, 15) is 4.79 Å². The maximum atomic E-state index is 11.7. The van der Waals surface area contributed by atoms with Crippen molar-refractivity contribution in [2.24, 2.45) is 12.2 Å². The lowest BCUT2D eigenvalue weighted by Crippen LogP contribution is -2.15. The Kier molecular flexibility index (Phi) is 7.11. The van der Waals surface area contributed by atoms with Crippen molar-refractivity contribution in [3.8, 4) is 12.3 Å². The van der Waals surface area contributed by atoms with Crippen molar-refractivity contribution in [1.82, 2.24) is 20.0 Å². The maximum Gasteiger partial charge on any atom is 0.412 e. The van der Waals surface area contributed by atoms with E-state index in [1.54, 1.807) is 36.1 Å². The van der Waals surface area contributed by atoms with E-state index >= 15 is 0 Å². The number of aryl methyl sites for hydroxylation is 1. The number of pyridine rings is 1. The molecule has 3 aromatic rings. The van der Waals surface area contributed by atoms with Crippen LogP contribution in [-0.2, 0) is 23.2 Å². The number of carbonyl (C=O) groups is 1. The van der Waals surface area contributed by atoms with Gasteiger partial charge in [-0.25, -0.2) is 14.5 Å². The second-order valence-electron chi connectivity index (χ2n) is 6.05. The molecule has 0 aliphatic heterocycles. The number of nitrogens with zero attached hydrogens (tertiary/aromatic N) is 5. The first-order valence-corrected chi connectivity index (χ1v) is 9.11. The molecule has 0 unspecified atom stereocenters. The molecule has 0 radical (unpaired) electrons. The van der Waals surface area contributed by atoms with Crippen LogP contribution in [0.4, 0.5) is 10.6 Å². The van der Waals surface area contributed by atoms with Gasteiger partial charge in [-0.2, -0.15) is 0 Å². The standard InChI is InChI=1S/C21H20N6O3/c1-3-4-13-29-21(28)24-19-12-8-11-17(23-19)15-30-25-20(16-9-6-5-7-10-16)18-14-22-26-27(18)2/h1,5-12,14H,4,13,15H2,2H3,(H,23,24,28). The maximum absolute atomic E-state index is 11.7. The minimum Gasteiger partial charge on any atom is -0.448 e. The number of anilines is 1. The van der Waals surface area contributed by atoms with E-state index in [4.69, 9.17) is 16.0 Å². The van der Waals surface area contributed by atoms with Crippen LogP contribution in [-0.4, -0.2) is 38.4 Å². The van der Waals surface area contributed by atoms with Gasteiger partial charge in [0.2, 0.25) is 0 Å². The van der Waals surface area contributed by atoms with E-state index in [0.29, 0.717) is 29.3 Å². The first-order chi connectivity index (χ1) is 14.7. The fourth-order valence-electron chi connectivity index (χ4n) is 2.48. The van der Waals surface area contributed by atoms with E-state index in [-0.39, 0.29) is 13.2 Å². The molecular formula is C21H20N6O3. The average molecular weight is 404 g/mol. The number of benzene rings is 1. The first kappa shape index (κ1) is 20.5. The molecule has 1 amide bonds. The van der Waals surface area contributed by atoms with Gasteiger partial charge in [0.05, 0.1) is 11.9 Å². The summed E-state index contributed by atoms with van der Waals surface area (Å²) in [5, 5.41) is 14.7. The topological polar surface area (TPSA) is 104 Å². The van der Waals surface area contributed by atoms with Crippen LogP contribution in [0.15, 0.2) is 59.9 Å². The lowest BCUT2D eigenvalue weighted by Gasteiger charge is -2.08. The Labute approximate surface area is 173 Å². The Morgan fingerprint density at radius 3 is 2.80 bits per heavy atom. The molecule has 9 heteroatoms. The third-order valence-corrected chi connectivity index (χ3v) is 3.89. The molecule has 2 aromatic heterocycles. The average Bonchev–Trinajstić information content (AvgIpc) is 3.18. The predicted octanol–water partition coefficient (Wildman–Crippen LogP) is 2.75. The monoisotopic (exact) mass is 404 g/mol. The highest BCUT2D eigenvalue weighted by atomic mass is 16.6. The number of carbonyl (C=O) groups excluding carboxylic acids is 1. The summed E-state index contributed by atoms with van der Waals surface area (Å²) in [7, 11) is 1.78. The third kappa shape index (κ3) is 5.65. The van der Waals surface area contributed by atoms with Crippen molar-refractivity contribution >= 4 is 17.6 Å². The number of terminal acetylenes is 1. The summed E-state index contributed by atoms with van der Waals surface area (Å²) in [4.78, 5) is 21.6. The molecule has 152 valence electrons. The third-order valence-electron chi connectivity index (χ3n) is 3.89. The lowest BCUT2D eigenvalue weighted by molar-refractivity contribution is 0.128. The Balaban J connectivity index is 1.68. The van der Waals surface area contributed by atoms with Crippen molar-refractivity contribution in [3.63, 3.8) is 0 Å². The van der Waals surface area contributed by atoms with Gasteiger partial charge >= 0.3 is 6.09 Å². The van der Waals surface area contributed by atoms with Gasteiger partial charge in [-0.15, -0.1) is 17.4 Å². The first-order valence-electron chi connectivity index (χ1n) is 9.11. The van der Waals surface area contributed by atoms with E-state index in [2.05, 4.69) is 31.7 Å². The molecule has 0 fully saturated rings. The molecule has 1 aromatic carbocycles. The highest BCUT2D eigenvalue weighted by Gasteiger charge is 2.13. The summed E-state index contributed by atoms with van der Waals surface area (Å²) in [5.41, 5.74) is 2.74. The largest absolute Gasteiger partial charge is 0.448 e. The molecule has 0 bridgehead atoms. The van der Waals surface area contributed by atoms with Crippen molar-refractivity contribution in [1.29, 1.82) is 0 Å². The number of hydrogen-bond donors (Lipinski definition) is 1. The molecule has 0 aliphatic carbocycles. The van der Waals surface area contributed by atoms with E-state index in [0.717, 1.165) is 5.56 Å². The summed E-state index contributed by atoms with van der Waals surface area (Å²) >= 11 is 0. The number of hydrogen-bond acceptors (Lipinski definition) is 7. The Bertz CT molecular complexity index is 1060. The van der Waals surface area contributed by atoms with Crippen molar-refractivity contribution in [2.75, 3.05) is 11.9 Å². The normalized spacial score (nSPS) is 10.9. The van der Waals surface area contributed by atoms with E-state index < -0.39 is 6.09 Å². The fourth-order valence-corrected chi connectivity index (χ4v) is 2.48. The van der Waals surface area contributed by atoms with Crippen LogP contribution in [0, 0.1) is 12.3 Å². The van der Waals surface area contributed by atoms with E-state index in [1.165, 1.54) is 0 Å². The highest BCUT2D eigenvalue weighted by Crippen LogP contribution is 2.11. The summed E-state index contributed by atoms with van der Waals surface area (Å²) in [6.45, 7) is 0.244. The highest BCUT2D eigenvalue weighted by molar-refractivity contribution is 6.11. The number of ether oxygens (including phenoxy) is 1. The van der Waals surface area contributed by atoms with Gasteiger partial charge in [-0.05, 0) is 12.1 Å². The van der Waals surface area contributed by atoms with Gasteiger partial charge in [-0.3, -0.25) is 5.32 Å². The summed E-state index contributed by atoms with van der Waals surface area (Å²) in [5.74, 6) is 2.73. The van der Waals surface area contributed by atoms with Crippen LogP contribution in [0.5, 0.6) is 0 Å². The number of aromatic nitrogens is 4. The molecular weight excluding hydrogens is 384 g/mol. The van der Waals surface area contributed by atoms with Crippen LogP contribution in [0.3, 0.4) is 0 Å². The molecule has 3 rings (SSSR count). The molecule has 0 spiro atoms. The number of amides is 1. The zero-order chi connectivity index (χ0) is 21.2. The van der Waals surface area contributed by atoms with Crippen molar-refractivity contribution in [2.45, 2.75) is 13.0 Å². The van der Waals surface area contributed by atoms with Crippen LogP contribution in [0.1, 0.15) is 23.4 Å². The van der Waals surface area contributed by atoms with Crippen LogP contribution >= 0.6 is 0 Å². The molecule has 0 atom stereocenters. The van der Waals surface area contributed by atoms with Crippen LogP contribution < -0.4 is 5.32 Å². The molecule has 0 saturated carbocycles. The number of rotatable bonds is 8. The van der Waals surface area contributed by atoms with Gasteiger partial charge in [0.1, 0.15) is 23.8 Å². The Morgan fingerprint density at radius 2 is 2.07 bits per heavy atom. The predicted molar refractivity (Wildman–Crippen MR) is 111 cm³/mol. The zero-order valence-electron chi connectivity index (χ0n) is 16.4. The Hall–Kier alpha value is -4.19. The molecule has 9 nitrogen and oxygen atoms in total. The molecule has 0 saturated heterocycles. The fraction of sp³-hybridized carbons (Fsp3) is 0.190. The molecule has 2 heterocycles. The minimum atomic E-state index is -0.621. The smallest absolute Gasteiger partial charge is 0.412 e. The van der Waals surface area contributed by atoms with Crippen molar-refractivity contribution < 1.29 is 14.4 Å². The van der Waals surface area contributed by atoms with Crippen LogP contribution in [0.2, 0.25) is 0 Å². The minimum absolute atomic E-state index is 0.100. The summed E-state index contributed by atoms with van der Waals surface area (Å²) in [6.07, 6.45) is 6.47. The number of nitrogens with one attached hydrogen (secondary N) is 1. The summed E-state index contributed by atoms with van der Waals surface area (Å²) in [6, 6.07) is 14.7. The molecule has 30 heavy (non-hydrogen) atoms. The lowest BCUT2D eigenvalue weighted by atomic mass is 10.1. The van der Waals surface area contributed by atoms with E-state index in [1.807, 2.05) is 30.3 Å². The SMILES string of the molecule is C#CCCOC(=O)Nc1cccc(CON=C(c2ccccc2)c2cnnn2C)n1. The van der Waals surface area contributed by atoms with Gasteiger partial charge in [-0.1, -0.05) is 46.8 Å². The Morgan fingerprint density at radius 1 is 1.23 bits per heavy atom. The van der Waals surface area contributed by atoms with Crippen molar-refractivity contribution in [3.05, 3.63) is 71.7 Å². The van der Waals surface area contributed by atoms with Gasteiger partial charge in [0.15, 0.2) is 6.61 Å². The van der Waals surface area contributed by atoms with Gasteiger partial charge < -0.3 is 9.57 Å². The van der Waals surface area contributed by atoms with Crippen LogP contribution in [0.25, 0.3) is 0 Å². The van der Waals surface area contributed by atoms with Gasteiger partial charge in [0, 0.05) is 19.0 Å². The molecule has 0 aliphatic rings. The molecule has 1 N–H and O–H groups in total. The van der Waals surface area contributed by atoms with Gasteiger partial charge in [0.25, 0.3) is 0 Å².